The van der Waals surface area contributed by atoms with E-state index in [4.69, 9.17) is 40.0 Å². The van der Waals surface area contributed by atoms with Crippen LogP contribution in [-0.4, -0.2) is 44.7 Å². The van der Waals surface area contributed by atoms with Gasteiger partial charge in [0, 0.05) is 0 Å². The second-order valence-electron chi connectivity index (χ2n) is 10.4. The molecule has 0 atom stereocenters. The topological polar surface area (TPSA) is 0 Å². The van der Waals surface area contributed by atoms with Crippen LogP contribution < -0.4 is 0 Å². The Morgan fingerprint density at radius 3 is 0.500 bits per heavy atom. The van der Waals surface area contributed by atoms with Crippen molar-refractivity contribution in [1.29, 1.82) is 0 Å². The first-order valence-electron chi connectivity index (χ1n) is 8.76. The van der Waals surface area contributed by atoms with Crippen molar-refractivity contribution in [1.82, 2.24) is 0 Å². The predicted octanol–water partition coefficient (Wildman–Crippen LogP) is 9.42. The fourth-order valence-electron chi connectivity index (χ4n) is 2.25. The van der Waals surface area contributed by atoms with Crippen molar-refractivity contribution in [3.05, 3.63) is 0 Å². The van der Waals surface area contributed by atoms with Crippen molar-refractivity contribution in [2.24, 2.45) is 0 Å². The summed E-state index contributed by atoms with van der Waals surface area (Å²) in [7, 11) is 19.1. The van der Waals surface area contributed by atoms with Gasteiger partial charge in [-0.25, -0.2) is 0 Å². The quantitative estimate of drug-likeness (QED) is 0.243. The molecule has 0 N–H and O–H groups in total. The molecule has 0 aliphatic heterocycles. The molecule has 0 fully saturated rings. The zero-order valence-corrected chi connectivity index (χ0v) is 28.7. The van der Waals surface area contributed by atoms with E-state index in [0.29, 0.717) is 20.2 Å². The van der Waals surface area contributed by atoms with E-state index in [1.54, 1.807) is 0 Å². The number of halogens is 4. The molecule has 0 aromatic heterocycles. The van der Waals surface area contributed by atoms with Gasteiger partial charge in [0.1, 0.15) is 0 Å². The average molecular weight is 602 g/mol. The van der Waals surface area contributed by atoms with Gasteiger partial charge < -0.3 is 0 Å². The van der Waals surface area contributed by atoms with Crippen molar-refractivity contribution >= 4 is 84.8 Å². The van der Waals surface area contributed by atoms with Crippen LogP contribution in [0.15, 0.2) is 0 Å². The van der Waals surface area contributed by atoms with Gasteiger partial charge in [-0.05, 0) is 20.2 Å². The second-order valence-corrected chi connectivity index (χ2v) is 25.4. The van der Waals surface area contributed by atoms with Crippen LogP contribution >= 0.6 is 40.0 Å². The normalized spacial score (nSPS) is 12.5. The summed E-state index contributed by atoms with van der Waals surface area (Å²) in [5.41, 5.74) is 0. The fraction of sp³-hybridized carbons (Fsp3) is 1.00. The molecular weight excluding hydrogens is 559 g/mol. The molecule has 0 heterocycles. The van der Waals surface area contributed by atoms with Crippen LogP contribution in [0.5, 0.6) is 0 Å². The molecule has 0 bridgehead atoms. The Morgan fingerprint density at radius 2 is 0.500 bits per heavy atom. The van der Waals surface area contributed by atoms with Crippen LogP contribution in [0.2, 0.25) is 33.2 Å². The van der Waals surface area contributed by atoms with Crippen molar-refractivity contribution < 1.29 is 0 Å². The van der Waals surface area contributed by atoms with Gasteiger partial charge in [-0.2, -0.15) is 0 Å². The van der Waals surface area contributed by atoms with E-state index >= 15 is 0 Å². The summed E-state index contributed by atoms with van der Waals surface area (Å²) in [6.45, 7) is 33.1. The standard InChI is InChI=1S/2C9H21Si.2Cl2Ge/c2*1-8(2,3)10(7)9(4,5)6;2*1-3-2/h2*1-7H3;;. The minimum atomic E-state index is -0.556. The molecule has 0 nitrogen and oxygen atoms in total. The Hall–Kier alpha value is 2.68. The Kier molecular flexibility index (Phi) is 22.7. The number of rotatable bonds is 0. The third-order valence-corrected chi connectivity index (χ3v) is 13.5. The first kappa shape index (κ1) is 36.1. The Balaban J connectivity index is -0.000000143. The summed E-state index contributed by atoms with van der Waals surface area (Å²) in [4.78, 5) is 0. The van der Waals surface area contributed by atoms with Gasteiger partial charge in [0.15, 0.2) is 0 Å². The first-order valence-corrected chi connectivity index (χ1v) is 23.8. The molecule has 0 aliphatic rings. The first-order chi connectivity index (χ1) is 11.1. The minimum absolute atomic E-state index is 0.221. The molecular formula is C18H42Cl4Ge2Si2. The van der Waals surface area contributed by atoms with Gasteiger partial charge in [-0.1, -0.05) is 96.2 Å². The van der Waals surface area contributed by atoms with Gasteiger partial charge in [-0.15, -0.1) is 0 Å². The average Bonchev–Trinajstić information content (AvgIpc) is 2.35. The molecule has 0 saturated heterocycles. The molecule has 0 spiro atoms. The van der Waals surface area contributed by atoms with Crippen molar-refractivity contribution in [2.45, 2.75) is 116 Å². The molecule has 26 heavy (non-hydrogen) atoms. The summed E-state index contributed by atoms with van der Waals surface area (Å²) in [6.07, 6.45) is 0. The monoisotopic (exact) mass is 602 g/mol. The van der Waals surface area contributed by atoms with Gasteiger partial charge >= 0.3 is 67.2 Å². The summed E-state index contributed by atoms with van der Waals surface area (Å²) in [5, 5.41) is 2.18. The van der Waals surface area contributed by atoms with Crippen LogP contribution in [0.3, 0.4) is 0 Å². The van der Waals surface area contributed by atoms with Crippen molar-refractivity contribution in [3.8, 4) is 0 Å². The molecule has 0 aromatic rings. The van der Waals surface area contributed by atoms with E-state index in [1.165, 1.54) is 0 Å². The molecule has 6 radical (unpaired) electrons. The predicted molar refractivity (Wildman–Crippen MR) is 137 cm³/mol. The van der Waals surface area contributed by atoms with Crippen LogP contribution in [0.4, 0.5) is 0 Å². The van der Waals surface area contributed by atoms with Gasteiger partial charge in [0.2, 0.25) is 0 Å². The maximum absolute atomic E-state index is 4.89. The van der Waals surface area contributed by atoms with E-state index in [0.717, 1.165) is 0 Å². The zero-order valence-electron chi connectivity index (χ0n) is 19.5. The molecule has 8 heteroatoms. The van der Waals surface area contributed by atoms with E-state index in [1.807, 2.05) is 0 Å². The summed E-state index contributed by atoms with van der Waals surface area (Å²) < 4.78 is 0. The van der Waals surface area contributed by atoms with Gasteiger partial charge in [0.25, 0.3) is 0 Å². The van der Waals surface area contributed by atoms with Gasteiger partial charge in [-0.3, -0.25) is 0 Å². The van der Waals surface area contributed by atoms with E-state index in [2.05, 4.69) is 96.2 Å². The van der Waals surface area contributed by atoms with Crippen LogP contribution in [0.25, 0.3) is 0 Å². The van der Waals surface area contributed by atoms with Crippen LogP contribution in [0.1, 0.15) is 83.1 Å². The summed E-state index contributed by atoms with van der Waals surface area (Å²) >= 11 is -1.11. The zero-order chi connectivity index (χ0) is 22.6. The van der Waals surface area contributed by atoms with E-state index in [-0.39, 0.29) is 17.6 Å². The Morgan fingerprint density at radius 1 is 0.423 bits per heavy atom. The number of hydrogen-bond donors (Lipinski definition) is 0. The summed E-state index contributed by atoms with van der Waals surface area (Å²) in [6, 6.07) is 0. The Bertz CT molecular complexity index is 257. The molecule has 158 valence electrons. The van der Waals surface area contributed by atoms with E-state index in [9.17, 15) is 0 Å². The molecule has 0 unspecified atom stereocenters. The van der Waals surface area contributed by atoms with Crippen molar-refractivity contribution in [3.63, 3.8) is 0 Å². The SMILES string of the molecule is C[Si](C(C)(C)C)C(C)(C)C.C[Si](C(C)(C)C)C(C)(C)C.[Cl][Ge][Cl].[Cl][Ge][Cl]. The second kappa shape index (κ2) is 16.4. The van der Waals surface area contributed by atoms with Crippen LogP contribution in [0, 0.1) is 0 Å². The Labute approximate surface area is 199 Å². The van der Waals surface area contributed by atoms with E-state index < -0.39 is 27.1 Å². The maximum atomic E-state index is 4.89. The molecule has 0 aromatic carbocycles. The fourth-order valence-corrected chi connectivity index (χ4v) is 6.75. The van der Waals surface area contributed by atoms with Gasteiger partial charge in [0.05, 0.1) is 17.6 Å². The van der Waals surface area contributed by atoms with Crippen molar-refractivity contribution in [2.75, 3.05) is 0 Å². The molecule has 0 saturated carbocycles. The number of hydrogen-bond acceptors (Lipinski definition) is 0. The summed E-state index contributed by atoms with van der Waals surface area (Å²) in [5.74, 6) is 0. The molecule has 0 rings (SSSR count). The third kappa shape index (κ3) is 24.7. The molecule has 0 amide bonds. The van der Waals surface area contributed by atoms with Crippen LogP contribution in [-0.2, 0) is 0 Å². The molecule has 0 aliphatic carbocycles. The third-order valence-electron chi connectivity index (χ3n) is 4.50.